The molecule has 66 heavy (non-hydrogen) atoms. The van der Waals surface area contributed by atoms with Crippen LogP contribution in [0.25, 0.3) is 0 Å². The van der Waals surface area contributed by atoms with Gasteiger partial charge < -0.3 is 47.7 Å². The van der Waals surface area contributed by atoms with Gasteiger partial charge in [0.25, 0.3) is 0 Å². The monoisotopic (exact) mass is 933 g/mol. The molecular weight excluding hydrogens is 849 g/mol. The molecule has 2 heterocycles. The Bertz CT molecular complexity index is 1630. The summed E-state index contributed by atoms with van der Waals surface area (Å²) in [6.07, 6.45) is 15.2. The molecule has 0 saturated carbocycles. The van der Waals surface area contributed by atoms with E-state index >= 15 is 0 Å². The van der Waals surface area contributed by atoms with Crippen LogP contribution in [0.1, 0.15) is 106 Å². The van der Waals surface area contributed by atoms with Crippen molar-refractivity contribution in [3.05, 3.63) is 59.8 Å². The third kappa shape index (κ3) is 19.6. The van der Waals surface area contributed by atoms with Gasteiger partial charge in [-0.2, -0.15) is 0 Å². The van der Waals surface area contributed by atoms with E-state index in [1.54, 1.807) is 61.7 Å². The summed E-state index contributed by atoms with van der Waals surface area (Å²) >= 11 is 0. The minimum Gasteiger partial charge on any atom is -0.481 e. The first kappa shape index (κ1) is 58.6. The van der Waals surface area contributed by atoms with Gasteiger partial charge in [0.15, 0.2) is 0 Å². The van der Waals surface area contributed by atoms with E-state index in [0.717, 1.165) is 11.1 Å². The Balaban J connectivity index is 2.51. The van der Waals surface area contributed by atoms with Gasteiger partial charge in [-0.15, -0.1) is 0 Å². The van der Waals surface area contributed by atoms with Crippen LogP contribution in [0.2, 0.25) is 0 Å². The molecule has 376 valence electrons. The summed E-state index contributed by atoms with van der Waals surface area (Å²) < 4.78 is 53.5. The molecule has 0 aromatic rings. The Kier molecular flexibility index (Phi) is 27.4. The third-order valence-electron chi connectivity index (χ3n) is 13.7. The van der Waals surface area contributed by atoms with Crippen LogP contribution in [0.3, 0.4) is 0 Å². The Labute approximate surface area is 395 Å². The van der Waals surface area contributed by atoms with Gasteiger partial charge in [-0.25, -0.2) is 9.59 Å². The average molecular weight is 933 g/mol. The third-order valence-corrected chi connectivity index (χ3v) is 13.7. The Hall–Kier alpha value is -3.50. The summed E-state index contributed by atoms with van der Waals surface area (Å²) in [7, 11) is 11.5. The lowest BCUT2D eigenvalue weighted by Crippen LogP contribution is -2.41. The van der Waals surface area contributed by atoms with Crippen molar-refractivity contribution in [1.29, 1.82) is 0 Å². The van der Waals surface area contributed by atoms with Crippen LogP contribution < -0.4 is 0 Å². The van der Waals surface area contributed by atoms with E-state index in [0.29, 0.717) is 38.5 Å². The van der Waals surface area contributed by atoms with Crippen molar-refractivity contribution in [1.82, 2.24) is 0 Å². The van der Waals surface area contributed by atoms with Crippen molar-refractivity contribution in [3.8, 4) is 0 Å². The number of methoxy groups -OCH3 is 7. The Morgan fingerprint density at radius 3 is 1.91 bits per heavy atom. The van der Waals surface area contributed by atoms with Gasteiger partial charge in [-0.3, -0.25) is 9.59 Å². The highest BCUT2D eigenvalue weighted by atomic mass is 16.6. The molecule has 0 saturated heterocycles. The van der Waals surface area contributed by atoms with Gasteiger partial charge in [0, 0.05) is 124 Å². The number of hydrogen-bond acceptors (Lipinski definition) is 13. The van der Waals surface area contributed by atoms with Crippen LogP contribution in [0, 0.1) is 35.5 Å². The largest absolute Gasteiger partial charge is 0.481 e. The second-order valence-corrected chi connectivity index (χ2v) is 18.5. The van der Waals surface area contributed by atoms with Crippen LogP contribution in [0.5, 0.6) is 0 Å². The number of cyclic esters (lactones) is 1. The molecule has 0 radical (unpaired) electrons. The van der Waals surface area contributed by atoms with Crippen molar-refractivity contribution in [2.24, 2.45) is 35.5 Å². The summed E-state index contributed by atoms with van der Waals surface area (Å²) in [4.78, 5) is 51.1. The number of ketones is 1. The quantitative estimate of drug-likeness (QED) is 0.103. The van der Waals surface area contributed by atoms with Crippen LogP contribution in [-0.2, 0) is 61.8 Å². The number of hydrogen-bond donors (Lipinski definition) is 1. The maximum absolute atomic E-state index is 13.7. The molecule has 14 heteroatoms. The number of Topliss-reactive ketones (excluding diaryl/α,β-unsaturated/α-hetero) is 1. The fraction of sp³-hybridized carbons (Fsp3) is 0.731. The van der Waals surface area contributed by atoms with Crippen molar-refractivity contribution >= 4 is 23.7 Å². The maximum Gasteiger partial charge on any atom is 0.331 e. The molecule has 0 unspecified atom stereocenters. The molecule has 2 rings (SSSR count). The smallest absolute Gasteiger partial charge is 0.331 e. The fourth-order valence-corrected chi connectivity index (χ4v) is 9.31. The molecule has 0 aromatic heterocycles. The molecule has 0 spiro atoms. The van der Waals surface area contributed by atoms with E-state index in [-0.39, 0.29) is 103 Å². The molecule has 15 atom stereocenters. The highest BCUT2D eigenvalue weighted by Crippen LogP contribution is 2.33. The normalized spacial score (nSPS) is 30.7. The van der Waals surface area contributed by atoms with E-state index in [1.165, 1.54) is 13.2 Å². The van der Waals surface area contributed by atoms with Crippen molar-refractivity contribution in [2.45, 2.75) is 161 Å². The Morgan fingerprint density at radius 2 is 1.35 bits per heavy atom. The SMILES string of the molecule is CO[C@@H]1CC(C)=CC=CC(=O)O[C@H]([C@@H](C)[C@@H](OC)[C@@H](C)CCC(=O)[C@H](C)[C@@H](CCC(=O)O)OC)[C@@H](C)C=C[C@H](OC)C[C@H](OC)[C@@H](C)/C=C\[C@@H](OC)C[C@H](OC)[C@@H](C)[C@H]2CC(=CC(=O)O2)C1. The number of carboxylic acid groups (broad SMARTS) is 1. The number of allylic oxidation sites excluding steroid dienone is 2. The first-order valence-electron chi connectivity index (χ1n) is 23.6. The maximum atomic E-state index is 13.7. The number of aliphatic carboxylic acids is 1. The topological polar surface area (TPSA) is 172 Å². The zero-order valence-electron chi connectivity index (χ0n) is 42.4. The van der Waals surface area contributed by atoms with E-state index in [4.69, 9.17) is 47.7 Å². The van der Waals surface area contributed by atoms with Crippen molar-refractivity contribution in [3.63, 3.8) is 0 Å². The molecule has 0 aliphatic carbocycles. The van der Waals surface area contributed by atoms with Gasteiger partial charge in [0.05, 0.1) is 42.7 Å². The second-order valence-electron chi connectivity index (χ2n) is 18.5. The first-order chi connectivity index (χ1) is 31.4. The van der Waals surface area contributed by atoms with Crippen molar-refractivity contribution in [2.75, 3.05) is 49.8 Å². The number of fused-ring (bicyclic) bond motifs is 2. The first-order valence-corrected chi connectivity index (χ1v) is 23.6. The van der Waals surface area contributed by atoms with E-state index in [1.807, 2.05) is 58.9 Å². The minimum absolute atomic E-state index is 0.0116. The Morgan fingerprint density at radius 1 is 0.727 bits per heavy atom. The number of rotatable bonds is 18. The zero-order valence-corrected chi connectivity index (χ0v) is 42.4. The van der Waals surface area contributed by atoms with Gasteiger partial charge in [0.1, 0.15) is 18.0 Å². The summed E-state index contributed by atoms with van der Waals surface area (Å²) in [5.74, 6) is -3.14. The van der Waals surface area contributed by atoms with Crippen LogP contribution in [-0.4, -0.2) is 134 Å². The van der Waals surface area contributed by atoms with E-state index in [9.17, 15) is 19.2 Å². The summed E-state index contributed by atoms with van der Waals surface area (Å²) in [6, 6.07) is 0. The zero-order chi connectivity index (χ0) is 49.5. The van der Waals surface area contributed by atoms with Gasteiger partial charge >= 0.3 is 17.9 Å². The number of carbonyl (C=O) groups excluding carboxylic acids is 3. The molecule has 0 aromatic carbocycles. The molecule has 14 nitrogen and oxygen atoms in total. The minimum atomic E-state index is -0.935. The molecule has 0 fully saturated rings. The average Bonchev–Trinajstić information content (AvgIpc) is 3.29. The summed E-state index contributed by atoms with van der Waals surface area (Å²) in [6.45, 7) is 13.9. The van der Waals surface area contributed by atoms with Crippen LogP contribution >= 0.6 is 0 Å². The predicted molar refractivity (Wildman–Crippen MR) is 254 cm³/mol. The van der Waals surface area contributed by atoms with Gasteiger partial charge in [-0.05, 0) is 38.5 Å². The van der Waals surface area contributed by atoms with Crippen LogP contribution in [0.4, 0.5) is 0 Å². The lowest BCUT2D eigenvalue weighted by atomic mass is 9.81. The number of carbonyl (C=O) groups is 4. The predicted octanol–water partition coefficient (Wildman–Crippen LogP) is 8.46. The van der Waals surface area contributed by atoms with Gasteiger partial charge in [0.2, 0.25) is 0 Å². The molecule has 2 aliphatic rings. The standard InChI is InChI=1S/C52H84O14/c1-32-16-15-17-49(56)66-52(38(7)51(64-14)34(3)20-23-43(53)36(5)44(61-11)24-25-48(54)55)35(4)19-22-40(58-8)30-45(62-12)33(2)18-21-41(59-9)31-46(63-13)37(6)47-28-39(29-50(57)65-47)27-42(26-32)60-10/h15-19,21-22,29,33-38,40-42,44-47,51-52H,20,23-28,30-31H2,1-14H3,(H,54,55)/b17-15?,21-18-,22-19?,32-16?/t33-,34-,35-,36-,37+,38-,40-,41+,42+,44+,45-,46-,47+,51-,52-/m0/s1. The van der Waals surface area contributed by atoms with Gasteiger partial charge in [-0.1, -0.05) is 89.1 Å². The lowest BCUT2D eigenvalue weighted by Gasteiger charge is -2.35. The highest BCUT2D eigenvalue weighted by Gasteiger charge is 2.37. The molecular formula is C52H84O14. The molecule has 2 bridgehead atoms. The van der Waals surface area contributed by atoms with E-state index < -0.39 is 30.1 Å². The highest BCUT2D eigenvalue weighted by molar-refractivity contribution is 5.84. The number of esters is 2. The number of ether oxygens (including phenoxy) is 9. The summed E-state index contributed by atoms with van der Waals surface area (Å²) in [5.41, 5.74) is 1.91. The second kappa shape index (κ2) is 30.8. The molecule has 1 N–H and O–H groups in total. The van der Waals surface area contributed by atoms with Crippen molar-refractivity contribution < 1.29 is 66.9 Å². The van der Waals surface area contributed by atoms with Crippen LogP contribution in [0.15, 0.2) is 59.8 Å². The lowest BCUT2D eigenvalue weighted by molar-refractivity contribution is -0.152. The fourth-order valence-electron chi connectivity index (χ4n) is 9.31. The molecule has 2 aliphatic heterocycles. The summed E-state index contributed by atoms with van der Waals surface area (Å²) in [5, 5.41) is 9.17. The number of carboxylic acids is 1. The molecule has 0 amide bonds. The van der Waals surface area contributed by atoms with E-state index in [2.05, 4.69) is 13.0 Å².